The Bertz CT molecular complexity index is 1220. The van der Waals surface area contributed by atoms with Crippen molar-refractivity contribution < 1.29 is 42.1 Å². The van der Waals surface area contributed by atoms with Crippen LogP contribution in [0.1, 0.15) is 48.8 Å². The molecule has 9 nitrogen and oxygen atoms in total. The summed E-state index contributed by atoms with van der Waals surface area (Å²) >= 11 is 0. The molecule has 3 aliphatic heterocycles. The van der Waals surface area contributed by atoms with Crippen LogP contribution in [0.2, 0.25) is 0 Å². The summed E-state index contributed by atoms with van der Waals surface area (Å²) in [6.45, 7) is 5.61. The maximum Gasteiger partial charge on any atom is 0.471 e. The van der Waals surface area contributed by atoms with Gasteiger partial charge in [0.05, 0.1) is 32.0 Å². The topological polar surface area (TPSA) is 101 Å². The van der Waals surface area contributed by atoms with E-state index in [-0.39, 0.29) is 37.7 Å². The van der Waals surface area contributed by atoms with Gasteiger partial charge in [-0.1, -0.05) is 43.3 Å². The minimum absolute atomic E-state index is 0.0244. The summed E-state index contributed by atoms with van der Waals surface area (Å²) in [5.74, 6) is -2.63. The normalized spacial score (nSPS) is 27.2. The van der Waals surface area contributed by atoms with E-state index in [0.29, 0.717) is 36.8 Å². The van der Waals surface area contributed by atoms with Crippen LogP contribution < -0.4 is 5.32 Å². The fraction of sp³-hybridized carbons (Fsp3) is 0.533. The number of amides is 2. The number of morpholine rings is 1. The monoisotopic (exact) mass is 591 g/mol. The average Bonchev–Trinajstić information content (AvgIpc) is 3.48. The number of likely N-dealkylation sites (tertiary alicyclic amines) is 1. The molecule has 5 rings (SSSR count). The highest BCUT2D eigenvalue weighted by Crippen LogP contribution is 2.42. The van der Waals surface area contributed by atoms with Crippen LogP contribution in [-0.4, -0.2) is 84.4 Å². The molecule has 3 aliphatic rings. The van der Waals surface area contributed by atoms with Crippen LogP contribution in [-0.2, 0) is 30.4 Å². The van der Waals surface area contributed by atoms with Crippen LogP contribution in [0.25, 0.3) is 0 Å². The fourth-order valence-electron chi connectivity index (χ4n) is 5.76. The van der Waals surface area contributed by atoms with Crippen molar-refractivity contribution in [3.8, 4) is 0 Å². The summed E-state index contributed by atoms with van der Waals surface area (Å²) in [5, 5.41) is 12.1. The molecular weight excluding hydrogens is 555 g/mol. The quantitative estimate of drug-likeness (QED) is 0.506. The van der Waals surface area contributed by atoms with Crippen molar-refractivity contribution in [2.24, 2.45) is 5.92 Å². The highest BCUT2D eigenvalue weighted by atomic mass is 19.4. The molecule has 0 saturated carbocycles. The molecule has 0 aliphatic carbocycles. The van der Waals surface area contributed by atoms with E-state index in [1.165, 1.54) is 0 Å². The van der Waals surface area contributed by atoms with Crippen molar-refractivity contribution in [1.82, 2.24) is 9.80 Å². The zero-order chi connectivity index (χ0) is 29.9. The number of halogens is 3. The zero-order valence-corrected chi connectivity index (χ0v) is 23.4. The van der Waals surface area contributed by atoms with Crippen molar-refractivity contribution in [2.75, 3.05) is 44.7 Å². The van der Waals surface area contributed by atoms with Gasteiger partial charge in [0.1, 0.15) is 6.04 Å². The predicted molar refractivity (Wildman–Crippen MR) is 146 cm³/mol. The van der Waals surface area contributed by atoms with Gasteiger partial charge in [0.15, 0.2) is 6.29 Å². The van der Waals surface area contributed by atoms with Gasteiger partial charge in [-0.3, -0.25) is 14.5 Å². The van der Waals surface area contributed by atoms with E-state index >= 15 is 0 Å². The molecule has 12 heteroatoms. The number of anilines is 1. The maximum absolute atomic E-state index is 13.0. The molecular formula is C30H36F3N3O6. The fourth-order valence-corrected chi connectivity index (χ4v) is 5.76. The molecule has 228 valence electrons. The second-order valence-electron chi connectivity index (χ2n) is 11.0. The molecule has 2 aromatic rings. The van der Waals surface area contributed by atoms with Gasteiger partial charge < -0.3 is 29.5 Å². The van der Waals surface area contributed by atoms with Crippen molar-refractivity contribution in [3.05, 3.63) is 65.2 Å². The number of carbonyl (C=O) groups excluding carboxylic acids is 2. The molecule has 3 heterocycles. The first kappa shape index (κ1) is 30.4. The third kappa shape index (κ3) is 6.95. The molecule has 5 atom stereocenters. The number of hydrogen-bond donors (Lipinski definition) is 2. The molecule has 2 amide bonds. The molecule has 0 bridgehead atoms. The van der Waals surface area contributed by atoms with Gasteiger partial charge in [0.2, 0.25) is 5.91 Å². The van der Waals surface area contributed by atoms with Gasteiger partial charge >= 0.3 is 12.1 Å². The van der Waals surface area contributed by atoms with Crippen LogP contribution in [0.15, 0.2) is 48.5 Å². The lowest BCUT2D eigenvalue weighted by Crippen LogP contribution is -2.48. The highest BCUT2D eigenvalue weighted by Gasteiger charge is 2.47. The number of nitrogens with zero attached hydrogens (tertiary/aromatic N) is 2. The highest BCUT2D eigenvalue weighted by molar-refractivity contribution is 5.98. The Morgan fingerprint density at radius 3 is 2.29 bits per heavy atom. The molecule has 3 fully saturated rings. The summed E-state index contributed by atoms with van der Waals surface area (Å²) < 4.78 is 57.4. The van der Waals surface area contributed by atoms with E-state index in [9.17, 15) is 27.9 Å². The Kier molecular flexibility index (Phi) is 9.48. The number of aliphatic hydroxyl groups is 1. The summed E-state index contributed by atoms with van der Waals surface area (Å²) in [5.41, 5.74) is 2.89. The van der Waals surface area contributed by atoms with Crippen molar-refractivity contribution in [2.45, 2.75) is 57.1 Å². The Morgan fingerprint density at radius 1 is 0.976 bits per heavy atom. The molecule has 0 radical (unpaired) electrons. The zero-order valence-electron chi connectivity index (χ0n) is 23.4. The molecule has 2 N–H and O–H groups in total. The van der Waals surface area contributed by atoms with E-state index in [0.717, 1.165) is 29.8 Å². The van der Waals surface area contributed by atoms with Crippen molar-refractivity contribution >= 4 is 17.5 Å². The van der Waals surface area contributed by atoms with Gasteiger partial charge in [0, 0.05) is 43.3 Å². The van der Waals surface area contributed by atoms with Gasteiger partial charge in [-0.2, -0.15) is 13.2 Å². The molecule has 42 heavy (non-hydrogen) atoms. The van der Waals surface area contributed by atoms with Crippen LogP contribution in [0.4, 0.5) is 18.9 Å². The van der Waals surface area contributed by atoms with E-state index in [1.807, 2.05) is 24.3 Å². The number of alkyl halides is 3. The second kappa shape index (κ2) is 13.1. The summed E-state index contributed by atoms with van der Waals surface area (Å²) in [6.07, 6.45) is -5.67. The predicted octanol–water partition coefficient (Wildman–Crippen LogP) is 3.79. The van der Waals surface area contributed by atoms with Crippen molar-refractivity contribution in [3.63, 3.8) is 0 Å². The molecule has 2 aromatic carbocycles. The average molecular weight is 592 g/mol. The van der Waals surface area contributed by atoms with Crippen molar-refractivity contribution in [1.29, 1.82) is 0 Å². The Labute approximate surface area is 242 Å². The van der Waals surface area contributed by atoms with E-state index in [1.54, 1.807) is 24.3 Å². The van der Waals surface area contributed by atoms with E-state index in [4.69, 9.17) is 14.2 Å². The summed E-state index contributed by atoms with van der Waals surface area (Å²) in [4.78, 5) is 27.5. The molecule has 0 unspecified atom stereocenters. The Balaban J connectivity index is 1.30. The number of hydrogen-bond acceptors (Lipinski definition) is 7. The molecule has 0 spiro atoms. The minimum atomic E-state index is -5.03. The first-order valence-electron chi connectivity index (χ1n) is 14.2. The van der Waals surface area contributed by atoms with Gasteiger partial charge in [-0.15, -0.1) is 0 Å². The minimum Gasteiger partial charge on any atom is -0.392 e. The molecule has 0 aromatic heterocycles. The number of nitrogens with one attached hydrogen (secondary N) is 1. The van der Waals surface area contributed by atoms with Crippen LogP contribution in [0.3, 0.4) is 0 Å². The molecule has 3 saturated heterocycles. The lowest BCUT2D eigenvalue weighted by molar-refractivity contribution is -0.277. The number of ether oxygens (including phenoxy) is 3. The van der Waals surface area contributed by atoms with Gasteiger partial charge in [-0.25, -0.2) is 0 Å². The number of carbonyl (C=O) groups is 2. The van der Waals surface area contributed by atoms with Gasteiger partial charge in [-0.05, 0) is 36.1 Å². The Hall–Kier alpha value is -3.03. The second-order valence-corrected chi connectivity index (χ2v) is 11.0. The first-order chi connectivity index (χ1) is 20.1. The number of rotatable bonds is 7. The van der Waals surface area contributed by atoms with Crippen LogP contribution in [0, 0.1) is 5.92 Å². The standard InChI is InChI=1S/C30H36F3N3O6/c1-19-25(17-35-13-15-40-16-14-35)41-28(42-26(19)21-6-4-20(18-37)5-7-21)22-8-10-23(11-9-22)34-27(38)24-3-2-12-36(24)29(39)30(31,32)33/h4-11,19,24-26,28,37H,2-3,12-18H2,1H3,(H,34,38)/t19-,24+,25+,26+,28+/m1/s1. The lowest BCUT2D eigenvalue weighted by atomic mass is 9.90. The summed E-state index contributed by atoms with van der Waals surface area (Å²) in [7, 11) is 0. The largest absolute Gasteiger partial charge is 0.471 e. The third-order valence-corrected chi connectivity index (χ3v) is 8.17. The van der Waals surface area contributed by atoms with Crippen LogP contribution in [0.5, 0.6) is 0 Å². The lowest BCUT2D eigenvalue weighted by Gasteiger charge is -2.43. The summed E-state index contributed by atoms with van der Waals surface area (Å²) in [6, 6.07) is 13.3. The number of aliphatic hydroxyl groups excluding tert-OH is 1. The van der Waals surface area contributed by atoms with E-state index in [2.05, 4.69) is 17.1 Å². The van der Waals surface area contributed by atoms with Crippen LogP contribution >= 0.6 is 0 Å². The third-order valence-electron chi connectivity index (χ3n) is 8.17. The van der Waals surface area contributed by atoms with Gasteiger partial charge in [0.25, 0.3) is 0 Å². The smallest absolute Gasteiger partial charge is 0.392 e. The SMILES string of the molecule is C[C@@H]1[C@H](CN2CCOCC2)O[C@H](c2ccc(NC(=O)[C@@H]3CCCN3C(=O)C(F)(F)F)cc2)O[C@@H]1c1ccc(CO)cc1. The van der Waals surface area contributed by atoms with E-state index < -0.39 is 30.3 Å². The first-order valence-corrected chi connectivity index (χ1v) is 14.2. The number of benzene rings is 2. The maximum atomic E-state index is 13.0. The Morgan fingerprint density at radius 2 is 1.64 bits per heavy atom.